The molecular weight excluding hydrogens is 294 g/mol. The molecule has 0 radical (unpaired) electrons. The number of nitrogens with zero attached hydrogens (tertiary/aromatic N) is 1. The van der Waals surface area contributed by atoms with E-state index in [1.54, 1.807) is 11.9 Å². The van der Waals surface area contributed by atoms with Crippen molar-refractivity contribution in [2.75, 3.05) is 17.7 Å². The van der Waals surface area contributed by atoms with Gasteiger partial charge in [-0.25, -0.2) is 0 Å². The van der Waals surface area contributed by atoms with Crippen LogP contribution in [0, 0.1) is 5.41 Å². The largest absolute Gasteiger partial charge is 0.399 e. The fraction of sp³-hybridized carbons (Fsp3) is 0.385. The number of hydrogen-bond acceptors (Lipinski definition) is 3. The second-order valence-corrected chi connectivity index (χ2v) is 4.56. The molecule has 6 N–H and O–H groups in total. The third-order valence-corrected chi connectivity index (χ3v) is 3.32. The maximum absolute atomic E-state index is 7.76. The summed E-state index contributed by atoms with van der Waals surface area (Å²) in [5, 5.41) is 11.0. The highest BCUT2D eigenvalue weighted by Crippen LogP contribution is 2.29. The van der Waals surface area contributed by atoms with Crippen molar-refractivity contribution in [2.24, 2.45) is 5.73 Å². The second kappa shape index (κ2) is 7.91. The van der Waals surface area contributed by atoms with Gasteiger partial charge >= 0.3 is 0 Å². The zero-order valence-electron chi connectivity index (χ0n) is 12.0. The number of rotatable bonds is 3. The molecule has 0 unspecified atom stereocenters. The van der Waals surface area contributed by atoms with Crippen LogP contribution >= 0.6 is 24.6 Å². The molecule has 0 saturated heterocycles. The second-order valence-electron chi connectivity index (χ2n) is 4.17. The van der Waals surface area contributed by atoms with Gasteiger partial charge in [0.2, 0.25) is 0 Å². The Morgan fingerprint density at radius 3 is 2.05 bits per heavy atom. The van der Waals surface area contributed by atoms with Gasteiger partial charge in [0.05, 0.1) is 5.69 Å². The number of guanidine groups is 1. The molecule has 112 valence electrons. The summed E-state index contributed by atoms with van der Waals surface area (Å²) >= 11 is 5.25. The highest BCUT2D eigenvalue weighted by molar-refractivity contribution is 7.80. The predicted octanol–water partition coefficient (Wildman–Crippen LogP) is 2.02. The van der Waals surface area contributed by atoms with Gasteiger partial charge in [-0.2, -0.15) is 0 Å². The number of nitrogens with two attached hydrogens (primary N) is 2. The molecule has 0 saturated carbocycles. The van der Waals surface area contributed by atoms with Crippen molar-refractivity contribution >= 4 is 47.1 Å². The fourth-order valence-electron chi connectivity index (χ4n) is 2.06. The smallest absolute Gasteiger partial charge is 0.199 e. The van der Waals surface area contributed by atoms with E-state index >= 15 is 0 Å². The van der Waals surface area contributed by atoms with E-state index in [0.717, 1.165) is 35.3 Å². The summed E-state index contributed by atoms with van der Waals surface area (Å²) < 4.78 is 0. The Morgan fingerprint density at radius 2 is 1.75 bits per heavy atom. The summed E-state index contributed by atoms with van der Waals surface area (Å²) in [6.45, 7) is 4.08. The van der Waals surface area contributed by atoms with Crippen LogP contribution in [0.25, 0.3) is 0 Å². The van der Waals surface area contributed by atoms with Crippen molar-refractivity contribution in [3.8, 4) is 0 Å². The SMILES string of the molecule is CCc1cc(N)cc(CC)c1N(C(=N)N)C(=S)NC.Cl. The third kappa shape index (κ3) is 3.74. The molecule has 0 bridgehead atoms. The van der Waals surface area contributed by atoms with Crippen molar-refractivity contribution in [1.29, 1.82) is 5.41 Å². The Hall–Kier alpha value is -1.53. The molecule has 1 aromatic carbocycles. The van der Waals surface area contributed by atoms with Gasteiger partial charge in [-0.15, -0.1) is 12.4 Å². The minimum absolute atomic E-state index is 0. The quantitative estimate of drug-likeness (QED) is 0.296. The van der Waals surface area contributed by atoms with E-state index in [1.807, 2.05) is 26.0 Å². The number of benzene rings is 1. The van der Waals surface area contributed by atoms with Gasteiger partial charge in [-0.3, -0.25) is 10.3 Å². The number of aryl methyl sites for hydroxylation is 2. The van der Waals surface area contributed by atoms with Crippen LogP contribution in [0.3, 0.4) is 0 Å². The van der Waals surface area contributed by atoms with Crippen LogP contribution in [0.15, 0.2) is 12.1 Å². The average molecular weight is 316 g/mol. The number of hydrogen-bond donors (Lipinski definition) is 4. The first-order valence-corrected chi connectivity index (χ1v) is 6.64. The van der Waals surface area contributed by atoms with Crippen LogP contribution < -0.4 is 21.7 Å². The van der Waals surface area contributed by atoms with Gasteiger partial charge in [-0.05, 0) is 48.3 Å². The number of halogens is 1. The van der Waals surface area contributed by atoms with Gasteiger partial charge in [0.1, 0.15) is 0 Å². The Labute approximate surface area is 131 Å². The van der Waals surface area contributed by atoms with Crippen LogP contribution in [0.2, 0.25) is 0 Å². The molecule has 0 spiro atoms. The Balaban J connectivity index is 0.00000361. The first-order chi connectivity index (χ1) is 8.96. The molecule has 0 heterocycles. The van der Waals surface area contributed by atoms with Crippen molar-refractivity contribution in [2.45, 2.75) is 26.7 Å². The van der Waals surface area contributed by atoms with Gasteiger partial charge in [0.25, 0.3) is 0 Å². The summed E-state index contributed by atoms with van der Waals surface area (Å²) in [6.07, 6.45) is 1.59. The monoisotopic (exact) mass is 315 g/mol. The molecule has 5 nitrogen and oxygen atoms in total. The zero-order chi connectivity index (χ0) is 14.6. The first kappa shape index (κ1) is 18.5. The first-order valence-electron chi connectivity index (χ1n) is 6.23. The highest BCUT2D eigenvalue weighted by Gasteiger charge is 2.20. The normalized spacial score (nSPS) is 9.55. The van der Waals surface area contributed by atoms with Gasteiger partial charge < -0.3 is 16.8 Å². The molecule has 20 heavy (non-hydrogen) atoms. The van der Waals surface area contributed by atoms with Gasteiger partial charge in [0, 0.05) is 12.7 Å². The highest BCUT2D eigenvalue weighted by atomic mass is 35.5. The molecule has 0 aromatic heterocycles. The molecule has 0 amide bonds. The molecule has 7 heteroatoms. The minimum Gasteiger partial charge on any atom is -0.399 e. The lowest BCUT2D eigenvalue weighted by Gasteiger charge is -2.28. The maximum atomic E-state index is 7.76. The Bertz CT molecular complexity index is 479. The minimum atomic E-state index is -0.103. The third-order valence-electron chi connectivity index (χ3n) is 2.93. The van der Waals surface area contributed by atoms with E-state index in [1.165, 1.54) is 0 Å². The van der Waals surface area contributed by atoms with Crippen LogP contribution in [-0.2, 0) is 12.8 Å². The van der Waals surface area contributed by atoms with Crippen molar-refractivity contribution < 1.29 is 0 Å². The molecule has 1 aromatic rings. The Morgan fingerprint density at radius 1 is 1.30 bits per heavy atom. The molecular formula is C13H22ClN5S. The number of anilines is 2. The molecule has 0 fully saturated rings. The number of thiocarbonyl (C=S) groups is 1. The molecule has 0 aliphatic carbocycles. The van der Waals surface area contributed by atoms with E-state index in [9.17, 15) is 0 Å². The molecule has 0 atom stereocenters. The van der Waals surface area contributed by atoms with E-state index in [4.69, 9.17) is 29.1 Å². The van der Waals surface area contributed by atoms with Gasteiger partial charge in [-0.1, -0.05) is 13.8 Å². The summed E-state index contributed by atoms with van der Waals surface area (Å²) in [7, 11) is 1.72. The lowest BCUT2D eigenvalue weighted by atomic mass is 10.0. The fourth-order valence-corrected chi connectivity index (χ4v) is 2.25. The van der Waals surface area contributed by atoms with Crippen molar-refractivity contribution in [3.05, 3.63) is 23.3 Å². The number of nitrogens with one attached hydrogen (secondary N) is 2. The van der Waals surface area contributed by atoms with E-state index < -0.39 is 0 Å². The van der Waals surface area contributed by atoms with Crippen molar-refractivity contribution in [1.82, 2.24) is 5.32 Å². The lowest BCUT2D eigenvalue weighted by molar-refractivity contribution is 1.06. The standard InChI is InChI=1S/C13H21N5S.ClH/c1-4-8-6-10(14)7-9(5-2)11(8)18(12(15)16)13(19)17-3;/h6-7H,4-5,14H2,1-3H3,(H3,15,16)(H,17,19);1H. The Kier molecular flexibility index (Phi) is 7.31. The molecule has 0 aliphatic heterocycles. The van der Waals surface area contributed by atoms with Crippen LogP contribution in [0.5, 0.6) is 0 Å². The zero-order valence-corrected chi connectivity index (χ0v) is 13.6. The molecule has 0 aliphatic rings. The van der Waals surface area contributed by atoms with Crippen LogP contribution in [-0.4, -0.2) is 18.1 Å². The van der Waals surface area contributed by atoms with Crippen molar-refractivity contribution in [3.63, 3.8) is 0 Å². The van der Waals surface area contributed by atoms with E-state index in [-0.39, 0.29) is 18.4 Å². The van der Waals surface area contributed by atoms with Crippen LogP contribution in [0.1, 0.15) is 25.0 Å². The van der Waals surface area contributed by atoms with Gasteiger partial charge in [0.15, 0.2) is 11.1 Å². The lowest BCUT2D eigenvalue weighted by Crippen LogP contribution is -2.46. The summed E-state index contributed by atoms with van der Waals surface area (Å²) in [6, 6.07) is 3.81. The topological polar surface area (TPSA) is 91.2 Å². The summed E-state index contributed by atoms with van der Waals surface area (Å²) in [5.41, 5.74) is 15.2. The van der Waals surface area contributed by atoms with Crippen LogP contribution in [0.4, 0.5) is 11.4 Å². The number of nitrogen functional groups attached to an aromatic ring is 1. The summed E-state index contributed by atoms with van der Waals surface area (Å²) in [4.78, 5) is 1.55. The average Bonchev–Trinajstić information content (AvgIpc) is 2.39. The van der Waals surface area contributed by atoms with E-state index in [0.29, 0.717) is 5.11 Å². The summed E-state index contributed by atoms with van der Waals surface area (Å²) in [5.74, 6) is -0.103. The van der Waals surface area contributed by atoms with E-state index in [2.05, 4.69) is 5.32 Å². The predicted molar refractivity (Wildman–Crippen MR) is 92.9 cm³/mol. The molecule has 1 rings (SSSR count). The maximum Gasteiger partial charge on any atom is 0.199 e.